The Morgan fingerprint density at radius 1 is 1.08 bits per heavy atom. The number of methoxy groups -OCH3 is 1. The van der Waals surface area contributed by atoms with Gasteiger partial charge in [-0.25, -0.2) is 4.98 Å². The van der Waals surface area contributed by atoms with Crippen molar-refractivity contribution in [3.63, 3.8) is 0 Å². The van der Waals surface area contributed by atoms with Crippen LogP contribution in [0.15, 0.2) is 65.4 Å². The number of hydrogen-bond donors (Lipinski definition) is 0. The van der Waals surface area contributed by atoms with Crippen molar-refractivity contribution in [3.05, 3.63) is 83.6 Å². The molecule has 2 aromatic carbocycles. The van der Waals surface area contributed by atoms with Crippen molar-refractivity contribution < 1.29 is 18.7 Å². The van der Waals surface area contributed by atoms with E-state index in [4.69, 9.17) is 9.15 Å². The van der Waals surface area contributed by atoms with Gasteiger partial charge in [0, 0.05) is 6.54 Å². The number of nitrogens with zero attached hydrogens (tertiary/aromatic N) is 2. The van der Waals surface area contributed by atoms with Crippen LogP contribution in [-0.4, -0.2) is 35.4 Å². The predicted octanol–water partition coefficient (Wildman–Crippen LogP) is 3.11. The molecule has 4 rings (SSSR count). The molecule has 6 heteroatoms. The highest BCUT2D eigenvalue weighted by atomic mass is 16.5. The first-order valence-electron chi connectivity index (χ1n) is 8.17. The standard InChI is InChI=1S/C20H16N2O4/c1-25-14-6-4-5-13(11-14)17(18-21-9-10-26-18)12-22-19(23)15-7-2-3-8-16(15)20(22)24/h2-11,17H,12H2,1H3. The normalized spacial score (nSPS) is 14.4. The molecule has 0 aliphatic carbocycles. The van der Waals surface area contributed by atoms with Crippen LogP contribution in [0.1, 0.15) is 38.1 Å². The molecule has 3 aromatic rings. The van der Waals surface area contributed by atoms with Crippen LogP contribution < -0.4 is 4.74 Å². The molecule has 1 atom stereocenters. The zero-order valence-corrected chi connectivity index (χ0v) is 14.1. The minimum Gasteiger partial charge on any atom is -0.497 e. The Hall–Kier alpha value is -3.41. The lowest BCUT2D eigenvalue weighted by Crippen LogP contribution is -2.34. The molecule has 0 saturated heterocycles. The Kier molecular flexibility index (Phi) is 4.01. The molecule has 1 aliphatic rings. The molecule has 2 amide bonds. The molecule has 0 saturated carbocycles. The summed E-state index contributed by atoms with van der Waals surface area (Å²) in [6.45, 7) is 0.139. The number of carbonyl (C=O) groups is 2. The summed E-state index contributed by atoms with van der Waals surface area (Å²) in [5.74, 6) is 0.133. The molecule has 1 aliphatic heterocycles. The molecule has 0 bridgehead atoms. The van der Waals surface area contributed by atoms with Gasteiger partial charge in [0.2, 0.25) is 5.89 Å². The number of carbonyl (C=O) groups excluding carboxylic acids is 2. The second kappa shape index (κ2) is 6.48. The summed E-state index contributed by atoms with van der Waals surface area (Å²) in [5, 5.41) is 0. The van der Waals surface area contributed by atoms with Crippen LogP contribution in [0.5, 0.6) is 5.75 Å². The summed E-state index contributed by atoms with van der Waals surface area (Å²) < 4.78 is 10.8. The van der Waals surface area contributed by atoms with E-state index in [0.29, 0.717) is 22.8 Å². The maximum atomic E-state index is 12.7. The third-order valence-corrected chi connectivity index (χ3v) is 4.49. The van der Waals surface area contributed by atoms with Crippen LogP contribution in [0.3, 0.4) is 0 Å². The molecular weight excluding hydrogens is 332 g/mol. The van der Waals surface area contributed by atoms with Crippen LogP contribution in [0.2, 0.25) is 0 Å². The smallest absolute Gasteiger partial charge is 0.261 e. The summed E-state index contributed by atoms with van der Waals surface area (Å²) in [7, 11) is 1.59. The average Bonchev–Trinajstić information content (AvgIpc) is 3.29. The Balaban J connectivity index is 1.71. The number of hydrogen-bond acceptors (Lipinski definition) is 5. The van der Waals surface area contributed by atoms with Crippen LogP contribution in [0.25, 0.3) is 0 Å². The SMILES string of the molecule is COc1cccc(C(CN2C(=O)c3ccccc3C2=O)c2ncco2)c1. The van der Waals surface area contributed by atoms with Gasteiger partial charge < -0.3 is 9.15 Å². The molecule has 6 nitrogen and oxygen atoms in total. The number of aromatic nitrogens is 1. The zero-order valence-electron chi connectivity index (χ0n) is 14.1. The van der Waals surface area contributed by atoms with Crippen molar-refractivity contribution in [1.29, 1.82) is 0 Å². The number of rotatable bonds is 5. The number of oxazole rings is 1. The maximum Gasteiger partial charge on any atom is 0.261 e. The van der Waals surface area contributed by atoms with Crippen molar-refractivity contribution in [2.45, 2.75) is 5.92 Å². The van der Waals surface area contributed by atoms with Gasteiger partial charge in [0.15, 0.2) is 0 Å². The van der Waals surface area contributed by atoms with Gasteiger partial charge in [0.1, 0.15) is 12.0 Å². The third kappa shape index (κ3) is 2.65. The number of benzene rings is 2. The minimum atomic E-state index is -0.387. The summed E-state index contributed by atoms with van der Waals surface area (Å²) in [6.07, 6.45) is 3.02. The first-order valence-corrected chi connectivity index (χ1v) is 8.17. The molecule has 0 radical (unpaired) electrons. The van der Waals surface area contributed by atoms with Crippen molar-refractivity contribution in [2.75, 3.05) is 13.7 Å². The van der Waals surface area contributed by atoms with E-state index in [1.54, 1.807) is 37.6 Å². The zero-order chi connectivity index (χ0) is 18.1. The van der Waals surface area contributed by atoms with E-state index < -0.39 is 0 Å². The van der Waals surface area contributed by atoms with Crippen LogP contribution in [-0.2, 0) is 0 Å². The van der Waals surface area contributed by atoms with Crippen molar-refractivity contribution in [2.24, 2.45) is 0 Å². The quantitative estimate of drug-likeness (QED) is 0.663. The van der Waals surface area contributed by atoms with Gasteiger partial charge in [-0.3, -0.25) is 14.5 Å². The molecule has 0 spiro atoms. The monoisotopic (exact) mass is 348 g/mol. The fourth-order valence-corrected chi connectivity index (χ4v) is 3.18. The fourth-order valence-electron chi connectivity index (χ4n) is 3.18. The van der Waals surface area contributed by atoms with E-state index in [9.17, 15) is 9.59 Å². The van der Waals surface area contributed by atoms with E-state index in [2.05, 4.69) is 4.98 Å². The van der Waals surface area contributed by atoms with E-state index >= 15 is 0 Å². The van der Waals surface area contributed by atoms with E-state index in [-0.39, 0.29) is 24.3 Å². The second-order valence-corrected chi connectivity index (χ2v) is 5.97. The lowest BCUT2D eigenvalue weighted by atomic mass is 9.98. The molecule has 2 heterocycles. The second-order valence-electron chi connectivity index (χ2n) is 5.97. The van der Waals surface area contributed by atoms with Crippen molar-refractivity contribution in [3.8, 4) is 5.75 Å². The first kappa shape index (κ1) is 16.1. The van der Waals surface area contributed by atoms with Gasteiger partial charge in [-0.2, -0.15) is 0 Å². The molecule has 1 aromatic heterocycles. The molecular formula is C20H16N2O4. The third-order valence-electron chi connectivity index (χ3n) is 4.49. The first-order chi connectivity index (χ1) is 12.7. The van der Waals surface area contributed by atoms with Crippen LogP contribution >= 0.6 is 0 Å². The van der Waals surface area contributed by atoms with Crippen LogP contribution in [0.4, 0.5) is 0 Å². The van der Waals surface area contributed by atoms with Gasteiger partial charge >= 0.3 is 0 Å². The van der Waals surface area contributed by atoms with E-state index in [1.807, 2.05) is 24.3 Å². The highest BCUT2D eigenvalue weighted by Gasteiger charge is 2.37. The van der Waals surface area contributed by atoms with Crippen LogP contribution in [0, 0.1) is 0 Å². The number of fused-ring (bicyclic) bond motifs is 1. The van der Waals surface area contributed by atoms with Crippen molar-refractivity contribution >= 4 is 11.8 Å². The fraction of sp³-hybridized carbons (Fsp3) is 0.150. The van der Waals surface area contributed by atoms with E-state index in [1.165, 1.54) is 11.2 Å². The predicted molar refractivity (Wildman–Crippen MR) is 93.1 cm³/mol. The highest BCUT2D eigenvalue weighted by molar-refractivity contribution is 6.21. The molecule has 26 heavy (non-hydrogen) atoms. The Morgan fingerprint density at radius 3 is 2.42 bits per heavy atom. The summed E-state index contributed by atoms with van der Waals surface area (Å²) >= 11 is 0. The Morgan fingerprint density at radius 2 is 1.81 bits per heavy atom. The minimum absolute atomic E-state index is 0.139. The molecule has 0 N–H and O–H groups in total. The molecule has 130 valence electrons. The van der Waals surface area contributed by atoms with Gasteiger partial charge in [-0.15, -0.1) is 0 Å². The molecule has 0 fully saturated rings. The lowest BCUT2D eigenvalue weighted by Gasteiger charge is -2.21. The number of ether oxygens (including phenoxy) is 1. The van der Waals surface area contributed by atoms with Gasteiger partial charge in [0.05, 0.1) is 30.4 Å². The van der Waals surface area contributed by atoms with Gasteiger partial charge in [0.25, 0.3) is 11.8 Å². The Bertz CT molecular complexity index is 930. The van der Waals surface area contributed by atoms with Gasteiger partial charge in [-0.1, -0.05) is 24.3 Å². The maximum absolute atomic E-state index is 12.7. The summed E-state index contributed by atoms with van der Waals surface area (Å²) in [6, 6.07) is 14.3. The topological polar surface area (TPSA) is 72.6 Å². The van der Waals surface area contributed by atoms with Gasteiger partial charge in [-0.05, 0) is 29.8 Å². The average molecular weight is 348 g/mol. The van der Waals surface area contributed by atoms with E-state index in [0.717, 1.165) is 5.56 Å². The van der Waals surface area contributed by atoms with Crippen molar-refractivity contribution in [1.82, 2.24) is 9.88 Å². The lowest BCUT2D eigenvalue weighted by molar-refractivity contribution is 0.0646. The summed E-state index contributed by atoms with van der Waals surface area (Å²) in [4.78, 5) is 30.9. The largest absolute Gasteiger partial charge is 0.497 e. The number of amides is 2. The highest BCUT2D eigenvalue weighted by Crippen LogP contribution is 2.31. The summed E-state index contributed by atoms with van der Waals surface area (Å²) in [5.41, 5.74) is 1.70. The molecule has 1 unspecified atom stereocenters. The number of imide groups is 1. The Labute approximate surface area is 150 Å².